The molecule has 0 saturated heterocycles. The Morgan fingerprint density at radius 1 is 1.29 bits per heavy atom. The molecule has 0 radical (unpaired) electrons. The lowest BCUT2D eigenvalue weighted by molar-refractivity contribution is 0.160. The minimum atomic E-state index is -4.45. The lowest BCUT2D eigenvalue weighted by atomic mass is 10.3. The van der Waals surface area contributed by atoms with Gasteiger partial charge < -0.3 is 24.4 Å². The second kappa shape index (κ2) is 5.88. The van der Waals surface area contributed by atoms with Gasteiger partial charge >= 0.3 is 7.82 Å². The molecule has 0 atom stereocenters. The summed E-state index contributed by atoms with van der Waals surface area (Å²) in [5, 5.41) is 9.30. The summed E-state index contributed by atoms with van der Waals surface area (Å²) in [6, 6.07) is 4.33. The minimum Gasteiger partial charge on any atom is -0.504 e. The van der Waals surface area contributed by atoms with E-state index in [1.165, 1.54) is 25.3 Å². The van der Waals surface area contributed by atoms with E-state index in [2.05, 4.69) is 4.52 Å². The van der Waals surface area contributed by atoms with Gasteiger partial charge in [-0.2, -0.15) is 0 Å². The fourth-order valence-corrected chi connectivity index (χ4v) is 1.38. The van der Waals surface area contributed by atoms with E-state index in [-0.39, 0.29) is 24.7 Å². The summed E-state index contributed by atoms with van der Waals surface area (Å²) in [5.41, 5.74) is 0. The average molecular weight is 264 g/mol. The number of benzene rings is 1. The second-order valence-electron chi connectivity index (χ2n) is 3.01. The van der Waals surface area contributed by atoms with Crippen LogP contribution in [0.4, 0.5) is 0 Å². The summed E-state index contributed by atoms with van der Waals surface area (Å²) in [7, 11) is -3.06. The molecular weight excluding hydrogens is 251 g/mol. The van der Waals surface area contributed by atoms with Crippen molar-refractivity contribution >= 4 is 7.82 Å². The Morgan fingerprint density at radius 2 is 2.00 bits per heavy atom. The molecule has 8 heteroatoms. The topological polar surface area (TPSA) is 105 Å². The SMILES string of the molecule is COc1cc(OCCOP(=O)(O)O)ccc1O. The first kappa shape index (κ1) is 13.8. The third-order valence-electron chi connectivity index (χ3n) is 1.76. The average Bonchev–Trinajstić information content (AvgIpc) is 2.25. The highest BCUT2D eigenvalue weighted by molar-refractivity contribution is 7.46. The Labute approximate surface area is 97.8 Å². The van der Waals surface area contributed by atoms with Crippen molar-refractivity contribution in [1.29, 1.82) is 0 Å². The molecule has 1 aromatic rings. The molecule has 0 aliphatic carbocycles. The zero-order chi connectivity index (χ0) is 12.9. The molecule has 1 rings (SSSR count). The molecule has 0 heterocycles. The predicted octanol–water partition coefficient (Wildman–Crippen LogP) is 0.889. The summed E-state index contributed by atoms with van der Waals surface area (Å²) in [5.74, 6) is 0.624. The molecule has 0 spiro atoms. The van der Waals surface area contributed by atoms with Gasteiger partial charge in [-0.15, -0.1) is 0 Å². The Balaban J connectivity index is 2.44. The highest BCUT2D eigenvalue weighted by Gasteiger charge is 2.13. The molecule has 0 fully saturated rings. The number of methoxy groups -OCH3 is 1. The van der Waals surface area contributed by atoms with Gasteiger partial charge in [-0.05, 0) is 12.1 Å². The first-order valence-electron chi connectivity index (χ1n) is 4.62. The van der Waals surface area contributed by atoms with Gasteiger partial charge in [0.15, 0.2) is 11.5 Å². The fourth-order valence-electron chi connectivity index (χ4n) is 1.06. The number of hydrogen-bond donors (Lipinski definition) is 3. The molecule has 7 nitrogen and oxygen atoms in total. The number of rotatable bonds is 6. The lowest BCUT2D eigenvalue weighted by Gasteiger charge is -2.09. The zero-order valence-corrected chi connectivity index (χ0v) is 9.96. The molecule has 3 N–H and O–H groups in total. The Morgan fingerprint density at radius 3 is 2.59 bits per heavy atom. The minimum absolute atomic E-state index is 0.0219. The molecule has 96 valence electrons. The van der Waals surface area contributed by atoms with E-state index < -0.39 is 7.82 Å². The van der Waals surface area contributed by atoms with Crippen molar-refractivity contribution in [2.75, 3.05) is 20.3 Å². The third-order valence-corrected chi connectivity index (χ3v) is 2.28. The summed E-state index contributed by atoms with van der Waals surface area (Å²) < 4.78 is 24.5. The van der Waals surface area contributed by atoms with E-state index in [4.69, 9.17) is 19.3 Å². The van der Waals surface area contributed by atoms with Crippen LogP contribution in [0.5, 0.6) is 17.2 Å². The molecule has 0 aliphatic heterocycles. The molecular formula is C9H13O7P. The monoisotopic (exact) mass is 264 g/mol. The van der Waals surface area contributed by atoms with Crippen LogP contribution in [0.25, 0.3) is 0 Å². The molecule has 0 unspecified atom stereocenters. The van der Waals surface area contributed by atoms with Gasteiger partial charge in [-0.3, -0.25) is 4.52 Å². The van der Waals surface area contributed by atoms with E-state index in [0.29, 0.717) is 5.75 Å². The van der Waals surface area contributed by atoms with Crippen LogP contribution < -0.4 is 9.47 Å². The number of phosphoric ester groups is 1. The van der Waals surface area contributed by atoms with E-state index in [1.54, 1.807) is 0 Å². The smallest absolute Gasteiger partial charge is 0.469 e. The van der Waals surface area contributed by atoms with Crippen LogP contribution in [0.15, 0.2) is 18.2 Å². The maximum atomic E-state index is 10.4. The van der Waals surface area contributed by atoms with Gasteiger partial charge in [0.2, 0.25) is 0 Å². The van der Waals surface area contributed by atoms with Crippen molar-refractivity contribution in [1.82, 2.24) is 0 Å². The normalized spacial score (nSPS) is 11.2. The van der Waals surface area contributed by atoms with Gasteiger partial charge in [-0.1, -0.05) is 0 Å². The van der Waals surface area contributed by atoms with Crippen molar-refractivity contribution in [2.24, 2.45) is 0 Å². The van der Waals surface area contributed by atoms with E-state index >= 15 is 0 Å². The number of hydrogen-bond acceptors (Lipinski definition) is 5. The number of phosphoric acid groups is 1. The first-order chi connectivity index (χ1) is 7.92. The van der Waals surface area contributed by atoms with Crippen LogP contribution in [0.2, 0.25) is 0 Å². The molecule has 0 bridgehead atoms. The maximum absolute atomic E-state index is 10.4. The summed E-state index contributed by atoms with van der Waals surface area (Å²) in [6.45, 7) is -0.271. The van der Waals surface area contributed by atoms with Gasteiger partial charge in [-0.25, -0.2) is 4.57 Å². The molecule has 0 aromatic heterocycles. The number of phenolic OH excluding ortho intramolecular Hbond substituents is 1. The summed E-state index contributed by atoms with van der Waals surface area (Å²) >= 11 is 0. The summed E-state index contributed by atoms with van der Waals surface area (Å²) in [6.07, 6.45) is 0. The van der Waals surface area contributed by atoms with Crippen molar-refractivity contribution in [3.8, 4) is 17.2 Å². The number of phenols is 1. The standard InChI is InChI=1S/C9H13O7P/c1-14-9-6-7(2-3-8(9)10)15-4-5-16-17(11,12)13/h2-3,6,10H,4-5H2,1H3,(H2,11,12,13). The van der Waals surface area contributed by atoms with Crippen LogP contribution in [0.3, 0.4) is 0 Å². The van der Waals surface area contributed by atoms with Crippen LogP contribution in [-0.2, 0) is 9.09 Å². The summed E-state index contributed by atoms with van der Waals surface area (Å²) in [4.78, 5) is 16.8. The van der Waals surface area contributed by atoms with E-state index in [1.807, 2.05) is 0 Å². The van der Waals surface area contributed by atoms with Gasteiger partial charge in [0.1, 0.15) is 12.4 Å². The highest BCUT2D eigenvalue weighted by atomic mass is 31.2. The van der Waals surface area contributed by atoms with Gasteiger partial charge in [0.25, 0.3) is 0 Å². The maximum Gasteiger partial charge on any atom is 0.469 e. The largest absolute Gasteiger partial charge is 0.504 e. The molecule has 0 saturated carbocycles. The molecule has 17 heavy (non-hydrogen) atoms. The van der Waals surface area contributed by atoms with Gasteiger partial charge in [0, 0.05) is 6.07 Å². The lowest BCUT2D eigenvalue weighted by Crippen LogP contribution is -2.05. The predicted molar refractivity (Wildman–Crippen MR) is 58.1 cm³/mol. The fraction of sp³-hybridized carbons (Fsp3) is 0.333. The third kappa shape index (κ3) is 5.06. The van der Waals surface area contributed by atoms with Crippen LogP contribution in [-0.4, -0.2) is 35.2 Å². The molecule has 1 aromatic carbocycles. The van der Waals surface area contributed by atoms with E-state index in [0.717, 1.165) is 0 Å². The quantitative estimate of drug-likeness (QED) is 0.517. The first-order valence-corrected chi connectivity index (χ1v) is 6.15. The molecule has 0 aliphatic rings. The van der Waals surface area contributed by atoms with Crippen LogP contribution in [0.1, 0.15) is 0 Å². The highest BCUT2D eigenvalue weighted by Crippen LogP contribution is 2.35. The van der Waals surface area contributed by atoms with Gasteiger partial charge in [0.05, 0.1) is 13.7 Å². The van der Waals surface area contributed by atoms with Crippen LogP contribution in [0, 0.1) is 0 Å². The Bertz CT molecular complexity index is 414. The van der Waals surface area contributed by atoms with Crippen molar-refractivity contribution < 1.29 is 33.5 Å². The number of aromatic hydroxyl groups is 1. The number of ether oxygens (including phenoxy) is 2. The Kier molecular flexibility index (Phi) is 4.77. The van der Waals surface area contributed by atoms with Crippen LogP contribution >= 0.6 is 7.82 Å². The second-order valence-corrected chi connectivity index (χ2v) is 4.25. The van der Waals surface area contributed by atoms with E-state index in [9.17, 15) is 9.67 Å². The zero-order valence-electron chi connectivity index (χ0n) is 9.07. The van der Waals surface area contributed by atoms with Crippen molar-refractivity contribution in [3.63, 3.8) is 0 Å². The Hall–Kier alpha value is -1.27. The van der Waals surface area contributed by atoms with Crippen molar-refractivity contribution in [3.05, 3.63) is 18.2 Å². The molecule has 0 amide bonds. The van der Waals surface area contributed by atoms with Crippen molar-refractivity contribution in [2.45, 2.75) is 0 Å².